The van der Waals surface area contributed by atoms with Crippen molar-refractivity contribution >= 4 is 23.0 Å². The molecule has 2 aromatic heterocycles. The smallest absolute Gasteiger partial charge is 0.224 e. The molecule has 2 aromatic rings. The maximum absolute atomic E-state index is 13.9. The van der Waals surface area contributed by atoms with E-state index in [2.05, 4.69) is 21.0 Å². The molecule has 7 heteroatoms. The number of rotatable bonds is 3. The fourth-order valence-electron chi connectivity index (χ4n) is 2.41. The third-order valence-electron chi connectivity index (χ3n) is 3.46. The molecule has 114 valence electrons. The van der Waals surface area contributed by atoms with Crippen molar-refractivity contribution in [3.8, 4) is 5.88 Å². The Morgan fingerprint density at radius 3 is 3.05 bits per heavy atom. The number of aromatic nitrogens is 3. The molecule has 0 N–H and O–H groups in total. The molecular formula is C15H14ClFN4O. The van der Waals surface area contributed by atoms with E-state index in [4.69, 9.17) is 16.3 Å². The SMILES string of the molecule is COc1cc(C2=CCCN(c3nc(Cl)ncc3F)C2)ccn1. The minimum atomic E-state index is -0.474. The van der Waals surface area contributed by atoms with Crippen molar-refractivity contribution in [3.63, 3.8) is 0 Å². The van der Waals surface area contributed by atoms with Crippen molar-refractivity contribution in [1.29, 1.82) is 0 Å². The van der Waals surface area contributed by atoms with Crippen LogP contribution in [0.3, 0.4) is 0 Å². The van der Waals surface area contributed by atoms with Gasteiger partial charge in [-0.1, -0.05) is 6.08 Å². The molecule has 0 fully saturated rings. The van der Waals surface area contributed by atoms with Crippen molar-refractivity contribution < 1.29 is 9.13 Å². The largest absolute Gasteiger partial charge is 0.481 e. The number of halogens is 2. The van der Waals surface area contributed by atoms with Crippen LogP contribution >= 0.6 is 11.6 Å². The first-order valence-electron chi connectivity index (χ1n) is 6.80. The van der Waals surface area contributed by atoms with Gasteiger partial charge in [0.1, 0.15) is 0 Å². The van der Waals surface area contributed by atoms with Crippen LogP contribution in [0.5, 0.6) is 5.88 Å². The molecule has 0 saturated heterocycles. The van der Waals surface area contributed by atoms with Crippen LogP contribution in [0, 0.1) is 5.82 Å². The van der Waals surface area contributed by atoms with E-state index < -0.39 is 5.82 Å². The number of methoxy groups -OCH3 is 1. The van der Waals surface area contributed by atoms with Crippen molar-refractivity contribution in [2.75, 3.05) is 25.1 Å². The predicted molar refractivity (Wildman–Crippen MR) is 82.6 cm³/mol. The highest BCUT2D eigenvalue weighted by molar-refractivity contribution is 6.28. The lowest BCUT2D eigenvalue weighted by Gasteiger charge is -2.28. The number of ether oxygens (including phenoxy) is 1. The highest BCUT2D eigenvalue weighted by atomic mass is 35.5. The topological polar surface area (TPSA) is 51.1 Å². The summed E-state index contributed by atoms with van der Waals surface area (Å²) >= 11 is 5.77. The normalized spacial score (nSPS) is 14.7. The maximum atomic E-state index is 13.9. The summed E-state index contributed by atoms with van der Waals surface area (Å²) in [6.45, 7) is 1.22. The minimum absolute atomic E-state index is 0.0399. The Balaban J connectivity index is 1.87. The van der Waals surface area contributed by atoms with Gasteiger partial charge in [0.15, 0.2) is 11.6 Å². The van der Waals surface area contributed by atoms with Crippen LogP contribution in [-0.4, -0.2) is 35.2 Å². The lowest BCUT2D eigenvalue weighted by molar-refractivity contribution is 0.397. The predicted octanol–water partition coefficient (Wildman–Crippen LogP) is 2.97. The average Bonchev–Trinajstić information content (AvgIpc) is 2.57. The Hall–Kier alpha value is -2.21. The molecule has 0 spiro atoms. The molecule has 0 amide bonds. The van der Waals surface area contributed by atoms with Gasteiger partial charge in [0.05, 0.1) is 13.3 Å². The molecule has 0 atom stereocenters. The summed E-state index contributed by atoms with van der Waals surface area (Å²) in [5.74, 6) is 0.302. The summed E-state index contributed by atoms with van der Waals surface area (Å²) in [5, 5.41) is 0.0399. The number of anilines is 1. The highest BCUT2D eigenvalue weighted by Gasteiger charge is 2.19. The van der Waals surface area contributed by atoms with Gasteiger partial charge >= 0.3 is 0 Å². The fourth-order valence-corrected chi connectivity index (χ4v) is 2.54. The molecule has 0 aromatic carbocycles. The average molecular weight is 321 g/mol. The van der Waals surface area contributed by atoms with E-state index in [9.17, 15) is 4.39 Å². The van der Waals surface area contributed by atoms with Crippen molar-refractivity contribution in [2.24, 2.45) is 0 Å². The first-order chi connectivity index (χ1) is 10.7. The van der Waals surface area contributed by atoms with Gasteiger partial charge in [-0.15, -0.1) is 0 Å². The molecule has 0 bridgehead atoms. The van der Waals surface area contributed by atoms with Crippen LogP contribution in [-0.2, 0) is 0 Å². The van der Waals surface area contributed by atoms with Gasteiger partial charge in [-0.3, -0.25) is 0 Å². The van der Waals surface area contributed by atoms with Gasteiger partial charge in [-0.2, -0.15) is 4.98 Å². The van der Waals surface area contributed by atoms with E-state index in [1.165, 1.54) is 0 Å². The molecule has 1 aliphatic rings. The van der Waals surface area contributed by atoms with E-state index in [-0.39, 0.29) is 11.1 Å². The van der Waals surface area contributed by atoms with Gasteiger partial charge in [0, 0.05) is 25.4 Å². The number of pyridine rings is 1. The molecule has 22 heavy (non-hydrogen) atoms. The number of hydrogen-bond donors (Lipinski definition) is 0. The number of hydrogen-bond acceptors (Lipinski definition) is 5. The zero-order chi connectivity index (χ0) is 15.5. The second-order valence-corrected chi connectivity index (χ2v) is 5.18. The van der Waals surface area contributed by atoms with Crippen molar-refractivity contribution in [3.05, 3.63) is 47.3 Å². The standard InChI is InChI=1S/C15H14ClFN4O/c1-22-13-7-10(4-5-18-13)11-3-2-6-21(9-11)14-12(17)8-19-15(16)20-14/h3-5,7-8H,2,6,9H2,1H3. The van der Waals surface area contributed by atoms with Crippen molar-refractivity contribution in [2.45, 2.75) is 6.42 Å². The molecule has 3 rings (SSSR count). The lowest BCUT2D eigenvalue weighted by Crippen LogP contribution is -2.31. The summed E-state index contributed by atoms with van der Waals surface area (Å²) in [7, 11) is 1.58. The van der Waals surface area contributed by atoms with E-state index in [0.29, 0.717) is 19.0 Å². The Morgan fingerprint density at radius 1 is 1.36 bits per heavy atom. The van der Waals surface area contributed by atoms with Crippen LogP contribution < -0.4 is 9.64 Å². The van der Waals surface area contributed by atoms with E-state index in [0.717, 1.165) is 23.8 Å². The summed E-state index contributed by atoms with van der Waals surface area (Å²) in [5.41, 5.74) is 2.07. The van der Waals surface area contributed by atoms with Crippen molar-refractivity contribution in [1.82, 2.24) is 15.0 Å². The van der Waals surface area contributed by atoms with Crippen LogP contribution in [0.15, 0.2) is 30.6 Å². The molecule has 0 unspecified atom stereocenters. The third kappa shape index (κ3) is 3.01. The molecule has 0 saturated carbocycles. The molecule has 0 aliphatic carbocycles. The second kappa shape index (κ2) is 6.27. The summed E-state index contributed by atoms with van der Waals surface area (Å²) in [6.07, 6.45) is 5.71. The molecule has 3 heterocycles. The summed E-state index contributed by atoms with van der Waals surface area (Å²) < 4.78 is 19.1. The van der Waals surface area contributed by atoms with Gasteiger partial charge in [-0.25, -0.2) is 14.4 Å². The monoisotopic (exact) mass is 320 g/mol. The minimum Gasteiger partial charge on any atom is -0.481 e. The molecule has 1 aliphatic heterocycles. The van der Waals surface area contributed by atoms with E-state index in [1.54, 1.807) is 13.3 Å². The maximum Gasteiger partial charge on any atom is 0.224 e. The van der Waals surface area contributed by atoms with E-state index >= 15 is 0 Å². The molecular weight excluding hydrogens is 307 g/mol. The zero-order valence-corrected chi connectivity index (χ0v) is 12.7. The molecule has 5 nitrogen and oxygen atoms in total. The second-order valence-electron chi connectivity index (χ2n) is 4.84. The van der Waals surface area contributed by atoms with Crippen LogP contribution in [0.25, 0.3) is 5.57 Å². The third-order valence-corrected chi connectivity index (χ3v) is 3.64. The number of nitrogens with zero attached hydrogens (tertiary/aromatic N) is 4. The fraction of sp³-hybridized carbons (Fsp3) is 0.267. The zero-order valence-electron chi connectivity index (χ0n) is 12.0. The Morgan fingerprint density at radius 2 is 2.23 bits per heavy atom. The Bertz CT molecular complexity index is 722. The van der Waals surface area contributed by atoms with Crippen LogP contribution in [0.4, 0.5) is 10.2 Å². The van der Waals surface area contributed by atoms with E-state index in [1.807, 2.05) is 17.0 Å². The molecule has 0 radical (unpaired) electrons. The lowest BCUT2D eigenvalue weighted by atomic mass is 10.0. The van der Waals surface area contributed by atoms with Gasteiger partial charge in [0.2, 0.25) is 11.2 Å². The summed E-state index contributed by atoms with van der Waals surface area (Å²) in [4.78, 5) is 13.6. The Labute approximate surface area is 132 Å². The first-order valence-corrected chi connectivity index (χ1v) is 7.17. The quantitative estimate of drug-likeness (QED) is 0.814. The first kappa shape index (κ1) is 14.7. The summed E-state index contributed by atoms with van der Waals surface area (Å²) in [6, 6.07) is 3.76. The van der Waals surface area contributed by atoms with Crippen LogP contribution in [0.1, 0.15) is 12.0 Å². The van der Waals surface area contributed by atoms with Crippen LogP contribution in [0.2, 0.25) is 5.28 Å². The highest BCUT2D eigenvalue weighted by Crippen LogP contribution is 2.27. The van der Waals surface area contributed by atoms with Gasteiger partial charge in [0.25, 0.3) is 0 Å². The Kier molecular flexibility index (Phi) is 4.20. The van der Waals surface area contributed by atoms with Gasteiger partial charge < -0.3 is 9.64 Å². The van der Waals surface area contributed by atoms with Gasteiger partial charge in [-0.05, 0) is 35.2 Å².